The summed E-state index contributed by atoms with van der Waals surface area (Å²) >= 11 is 0. The molecule has 184 valence electrons. The molecule has 36 heavy (non-hydrogen) atoms. The fraction of sp³-hybridized carbons (Fsp3) is 0.231. The van der Waals surface area contributed by atoms with Crippen LogP contribution in [-0.2, 0) is 11.3 Å². The van der Waals surface area contributed by atoms with Gasteiger partial charge in [-0.1, -0.05) is 18.7 Å². The van der Waals surface area contributed by atoms with Crippen molar-refractivity contribution in [3.05, 3.63) is 73.2 Å². The molecule has 0 bridgehead atoms. The molecule has 1 fully saturated rings. The van der Waals surface area contributed by atoms with Crippen LogP contribution in [0.15, 0.2) is 67.6 Å². The van der Waals surface area contributed by atoms with E-state index < -0.39 is 5.92 Å². The van der Waals surface area contributed by atoms with Gasteiger partial charge in [-0.05, 0) is 35.9 Å². The number of nitrogens with zero attached hydrogens (tertiary/aromatic N) is 4. The van der Waals surface area contributed by atoms with Gasteiger partial charge in [-0.15, -0.1) is 0 Å². The van der Waals surface area contributed by atoms with Crippen LogP contribution >= 0.6 is 0 Å². The first-order valence-electron chi connectivity index (χ1n) is 11.5. The molecule has 3 aromatic heterocycles. The van der Waals surface area contributed by atoms with E-state index in [1.165, 1.54) is 12.4 Å². The number of anilines is 1. The largest absolute Gasteiger partial charge is 0.438 e. The van der Waals surface area contributed by atoms with E-state index in [0.29, 0.717) is 53.7 Å². The van der Waals surface area contributed by atoms with Crippen molar-refractivity contribution in [1.82, 2.24) is 24.8 Å². The number of halogens is 2. The van der Waals surface area contributed by atoms with Crippen molar-refractivity contribution in [2.45, 2.75) is 25.3 Å². The molecule has 2 N–H and O–H groups in total. The Hall–Kier alpha value is -4.18. The maximum absolute atomic E-state index is 13.4. The zero-order valence-electron chi connectivity index (χ0n) is 19.4. The van der Waals surface area contributed by atoms with Crippen LogP contribution in [0.25, 0.3) is 22.4 Å². The van der Waals surface area contributed by atoms with E-state index >= 15 is 0 Å². The summed E-state index contributed by atoms with van der Waals surface area (Å²) in [7, 11) is 0. The first-order chi connectivity index (χ1) is 17.4. The van der Waals surface area contributed by atoms with E-state index in [1.807, 2.05) is 23.1 Å². The summed E-state index contributed by atoms with van der Waals surface area (Å²) < 4.78 is 32.8. The molecule has 0 atom stereocenters. The molecule has 0 saturated carbocycles. The molecule has 5 rings (SSSR count). The highest BCUT2D eigenvalue weighted by Crippen LogP contribution is 2.32. The lowest BCUT2D eigenvalue weighted by atomic mass is 10.1. The van der Waals surface area contributed by atoms with Crippen molar-refractivity contribution in [1.29, 1.82) is 0 Å². The van der Waals surface area contributed by atoms with Gasteiger partial charge >= 0.3 is 0 Å². The number of likely N-dealkylation sites (tertiary alicyclic amines) is 1. The molecule has 1 saturated heterocycles. The average Bonchev–Trinajstić information content (AvgIpc) is 3.31. The van der Waals surface area contributed by atoms with Crippen LogP contribution in [0.5, 0.6) is 11.6 Å². The monoisotopic (exact) mass is 490 g/mol. The third-order valence-electron chi connectivity index (χ3n) is 5.99. The highest BCUT2D eigenvalue weighted by Gasteiger charge is 2.33. The number of pyridine rings is 1. The van der Waals surface area contributed by atoms with E-state index in [2.05, 4.69) is 31.8 Å². The van der Waals surface area contributed by atoms with Gasteiger partial charge in [0.25, 0.3) is 5.92 Å². The van der Waals surface area contributed by atoms with Crippen LogP contribution in [0.1, 0.15) is 18.4 Å². The maximum Gasteiger partial charge on any atom is 0.250 e. The highest BCUT2D eigenvalue weighted by atomic mass is 19.3. The molecule has 4 heterocycles. The Morgan fingerprint density at radius 2 is 2.00 bits per heavy atom. The van der Waals surface area contributed by atoms with Gasteiger partial charge < -0.3 is 15.0 Å². The van der Waals surface area contributed by atoms with Crippen molar-refractivity contribution >= 4 is 22.6 Å². The van der Waals surface area contributed by atoms with E-state index in [1.54, 1.807) is 30.5 Å². The summed E-state index contributed by atoms with van der Waals surface area (Å²) in [6.07, 6.45) is 4.15. The zero-order valence-corrected chi connectivity index (χ0v) is 19.4. The Balaban J connectivity index is 1.32. The Morgan fingerprint density at radius 3 is 2.75 bits per heavy atom. The summed E-state index contributed by atoms with van der Waals surface area (Å²) in [6, 6.07) is 12.7. The normalized spacial score (nSPS) is 15.5. The molecule has 1 aliphatic rings. The third kappa shape index (κ3) is 5.38. The lowest BCUT2D eigenvalue weighted by molar-refractivity contribution is -0.111. The minimum absolute atomic E-state index is 0.104. The third-order valence-corrected chi connectivity index (χ3v) is 5.99. The Morgan fingerprint density at radius 1 is 1.17 bits per heavy atom. The number of carbonyl (C=O) groups is 1. The van der Waals surface area contributed by atoms with Gasteiger partial charge in [0.15, 0.2) is 0 Å². The number of aromatic amines is 1. The van der Waals surface area contributed by atoms with Gasteiger partial charge in [-0.25, -0.2) is 18.7 Å². The number of alkyl halides is 2. The molecule has 0 aliphatic carbocycles. The number of hydrogen-bond acceptors (Lipinski definition) is 6. The second-order valence-electron chi connectivity index (χ2n) is 8.63. The van der Waals surface area contributed by atoms with Gasteiger partial charge in [0.1, 0.15) is 17.7 Å². The fourth-order valence-corrected chi connectivity index (χ4v) is 4.05. The van der Waals surface area contributed by atoms with Crippen LogP contribution in [0.3, 0.4) is 0 Å². The summed E-state index contributed by atoms with van der Waals surface area (Å²) in [5, 5.41) is 3.37. The smallest absolute Gasteiger partial charge is 0.250 e. The number of hydrogen-bond donors (Lipinski definition) is 2. The number of nitrogens with one attached hydrogen (secondary N) is 2. The first kappa shape index (κ1) is 23.6. The zero-order chi connectivity index (χ0) is 25.1. The van der Waals surface area contributed by atoms with Gasteiger partial charge in [0.2, 0.25) is 11.8 Å². The molecule has 1 aromatic carbocycles. The van der Waals surface area contributed by atoms with Crippen LogP contribution in [0, 0.1) is 0 Å². The van der Waals surface area contributed by atoms with Crippen LogP contribution in [0.4, 0.5) is 14.5 Å². The fourth-order valence-electron chi connectivity index (χ4n) is 4.05. The molecule has 10 heteroatoms. The number of fused-ring (bicyclic) bond motifs is 1. The molecular weight excluding hydrogens is 466 g/mol. The first-order valence-corrected chi connectivity index (χ1v) is 11.5. The minimum Gasteiger partial charge on any atom is -0.438 e. The second kappa shape index (κ2) is 9.82. The quantitative estimate of drug-likeness (QED) is 0.347. The number of H-pyrrole nitrogens is 1. The SMILES string of the molecule is C=CC(=O)Nc1cccc(Oc2ncnc3[nH]c(-c4ccc(CN5CCC(F)(F)CC5)cn4)cc23)c1. The Labute approximate surface area is 206 Å². The van der Waals surface area contributed by atoms with E-state index in [-0.39, 0.29) is 18.7 Å². The summed E-state index contributed by atoms with van der Waals surface area (Å²) in [6.45, 7) is 4.79. The predicted octanol–water partition coefficient (Wildman–Crippen LogP) is 5.17. The molecule has 1 aliphatic heterocycles. The number of benzene rings is 1. The Bertz CT molecular complexity index is 1390. The van der Waals surface area contributed by atoms with E-state index in [0.717, 1.165) is 11.3 Å². The number of rotatable bonds is 7. The lowest BCUT2D eigenvalue weighted by Crippen LogP contribution is -2.38. The molecule has 0 radical (unpaired) electrons. The van der Waals surface area contributed by atoms with E-state index in [9.17, 15) is 13.6 Å². The second-order valence-corrected chi connectivity index (χ2v) is 8.63. The summed E-state index contributed by atoms with van der Waals surface area (Å²) in [5.74, 6) is -2.02. The van der Waals surface area contributed by atoms with Crippen molar-refractivity contribution in [2.75, 3.05) is 18.4 Å². The van der Waals surface area contributed by atoms with Crippen molar-refractivity contribution in [3.63, 3.8) is 0 Å². The summed E-state index contributed by atoms with van der Waals surface area (Å²) in [5.41, 5.74) is 3.58. The molecular formula is C26H24F2N6O2. The molecule has 8 nitrogen and oxygen atoms in total. The topological polar surface area (TPSA) is 96.0 Å². The predicted molar refractivity (Wildman–Crippen MR) is 132 cm³/mol. The van der Waals surface area contributed by atoms with Crippen LogP contribution in [-0.4, -0.2) is 49.8 Å². The van der Waals surface area contributed by atoms with Gasteiger partial charge in [0, 0.05) is 50.4 Å². The maximum atomic E-state index is 13.4. The van der Waals surface area contributed by atoms with Crippen molar-refractivity contribution in [3.8, 4) is 23.0 Å². The molecule has 4 aromatic rings. The number of ether oxygens (including phenoxy) is 1. The number of piperidine rings is 1. The average molecular weight is 491 g/mol. The number of amides is 1. The lowest BCUT2D eigenvalue weighted by Gasteiger charge is -2.31. The summed E-state index contributed by atoms with van der Waals surface area (Å²) in [4.78, 5) is 30.0. The van der Waals surface area contributed by atoms with Gasteiger partial charge in [0.05, 0.1) is 16.8 Å². The Kier molecular flexibility index (Phi) is 6.43. The molecule has 0 unspecified atom stereocenters. The van der Waals surface area contributed by atoms with Crippen molar-refractivity contribution in [2.24, 2.45) is 0 Å². The van der Waals surface area contributed by atoms with Crippen molar-refractivity contribution < 1.29 is 18.3 Å². The van der Waals surface area contributed by atoms with Gasteiger partial charge in [-0.3, -0.25) is 14.7 Å². The minimum atomic E-state index is -2.55. The van der Waals surface area contributed by atoms with Crippen LogP contribution < -0.4 is 10.1 Å². The van der Waals surface area contributed by atoms with Crippen LogP contribution in [0.2, 0.25) is 0 Å². The van der Waals surface area contributed by atoms with Gasteiger partial charge in [-0.2, -0.15) is 0 Å². The number of carbonyl (C=O) groups excluding carboxylic acids is 1. The molecule has 1 amide bonds. The number of aromatic nitrogens is 4. The van der Waals surface area contributed by atoms with E-state index in [4.69, 9.17) is 4.74 Å². The highest BCUT2D eigenvalue weighted by molar-refractivity contribution is 5.99. The molecule has 0 spiro atoms. The standard InChI is InChI=1S/C26H24F2N6O2/c1-2-23(35)32-18-4-3-5-19(12-18)36-25-20-13-22(33-24(20)30-16-31-25)21-7-6-17(14-29-21)15-34-10-8-26(27,28)9-11-34/h2-7,12-14,16H,1,8-11,15H2,(H,32,35)(H,30,31,33).